The van der Waals surface area contributed by atoms with E-state index in [4.69, 9.17) is 0 Å². The van der Waals surface area contributed by atoms with Crippen molar-refractivity contribution >= 4 is 5.96 Å². The standard InChI is InChI=1S/C12H21N5/c1-4-13-12(16-11-5-9(11)2)14-6-10-7-15-17(3)8-10/h7-9,11H,4-6H2,1-3H3,(H2,13,14,16). The molecule has 0 aliphatic heterocycles. The van der Waals surface area contributed by atoms with E-state index in [1.165, 1.54) is 6.42 Å². The monoisotopic (exact) mass is 235 g/mol. The minimum atomic E-state index is 0.599. The van der Waals surface area contributed by atoms with Crippen LogP contribution in [-0.2, 0) is 13.6 Å². The molecular weight excluding hydrogens is 214 g/mol. The lowest BCUT2D eigenvalue weighted by Crippen LogP contribution is -2.39. The molecule has 0 amide bonds. The number of guanidine groups is 1. The van der Waals surface area contributed by atoms with Crippen LogP contribution in [0.2, 0.25) is 0 Å². The molecule has 1 aliphatic rings. The van der Waals surface area contributed by atoms with Gasteiger partial charge < -0.3 is 10.6 Å². The summed E-state index contributed by atoms with van der Waals surface area (Å²) >= 11 is 0. The van der Waals surface area contributed by atoms with Crippen LogP contribution in [-0.4, -0.2) is 28.3 Å². The number of rotatable bonds is 4. The summed E-state index contributed by atoms with van der Waals surface area (Å²) in [6.45, 7) is 5.89. The maximum atomic E-state index is 4.55. The number of nitrogens with zero attached hydrogens (tertiary/aromatic N) is 3. The van der Waals surface area contributed by atoms with E-state index in [0.29, 0.717) is 12.6 Å². The summed E-state index contributed by atoms with van der Waals surface area (Å²) in [4.78, 5) is 4.55. The first-order valence-electron chi connectivity index (χ1n) is 6.21. The van der Waals surface area contributed by atoms with Crippen LogP contribution < -0.4 is 10.6 Å². The van der Waals surface area contributed by atoms with Crippen LogP contribution in [0.25, 0.3) is 0 Å². The van der Waals surface area contributed by atoms with Crippen molar-refractivity contribution in [2.24, 2.45) is 18.0 Å². The van der Waals surface area contributed by atoms with Crippen LogP contribution >= 0.6 is 0 Å². The van der Waals surface area contributed by atoms with E-state index in [0.717, 1.165) is 24.0 Å². The fourth-order valence-electron chi connectivity index (χ4n) is 1.74. The van der Waals surface area contributed by atoms with E-state index in [-0.39, 0.29) is 0 Å². The van der Waals surface area contributed by atoms with Gasteiger partial charge in [-0.3, -0.25) is 4.68 Å². The highest BCUT2D eigenvalue weighted by Crippen LogP contribution is 2.28. The van der Waals surface area contributed by atoms with Gasteiger partial charge in [-0.15, -0.1) is 0 Å². The lowest BCUT2D eigenvalue weighted by molar-refractivity contribution is 0.763. The summed E-state index contributed by atoms with van der Waals surface area (Å²) in [5.74, 6) is 1.68. The third-order valence-corrected chi connectivity index (χ3v) is 2.95. The average Bonchev–Trinajstić information content (AvgIpc) is 2.81. The molecule has 1 fully saturated rings. The second kappa shape index (κ2) is 5.21. The normalized spacial score (nSPS) is 23.6. The Kier molecular flexibility index (Phi) is 3.66. The van der Waals surface area contributed by atoms with Gasteiger partial charge in [0.1, 0.15) is 0 Å². The SMILES string of the molecule is CCNC(=NCc1cnn(C)c1)NC1CC1C. The van der Waals surface area contributed by atoms with Gasteiger partial charge in [-0.05, 0) is 19.3 Å². The van der Waals surface area contributed by atoms with Gasteiger partial charge in [0.25, 0.3) is 0 Å². The van der Waals surface area contributed by atoms with Crippen molar-refractivity contribution in [2.75, 3.05) is 6.54 Å². The maximum Gasteiger partial charge on any atom is 0.191 e. The van der Waals surface area contributed by atoms with Crippen molar-refractivity contribution in [3.63, 3.8) is 0 Å². The summed E-state index contributed by atoms with van der Waals surface area (Å²) in [6.07, 6.45) is 5.09. The first kappa shape index (κ1) is 12.0. The van der Waals surface area contributed by atoms with E-state index in [2.05, 4.69) is 34.6 Å². The molecular formula is C12H21N5. The Morgan fingerprint density at radius 2 is 2.41 bits per heavy atom. The first-order valence-corrected chi connectivity index (χ1v) is 6.21. The first-order chi connectivity index (χ1) is 8.19. The van der Waals surface area contributed by atoms with Gasteiger partial charge >= 0.3 is 0 Å². The smallest absolute Gasteiger partial charge is 0.191 e. The molecule has 5 heteroatoms. The molecule has 2 atom stereocenters. The molecule has 0 spiro atoms. The van der Waals surface area contributed by atoms with Crippen molar-refractivity contribution < 1.29 is 0 Å². The van der Waals surface area contributed by atoms with Gasteiger partial charge in [-0.1, -0.05) is 6.92 Å². The Balaban J connectivity index is 1.90. The summed E-state index contributed by atoms with van der Waals surface area (Å²) in [5.41, 5.74) is 1.13. The van der Waals surface area contributed by atoms with E-state index in [1.807, 2.05) is 19.4 Å². The molecule has 0 radical (unpaired) electrons. The predicted molar refractivity (Wildman–Crippen MR) is 68.7 cm³/mol. The highest BCUT2D eigenvalue weighted by atomic mass is 15.2. The molecule has 1 aromatic heterocycles. The van der Waals surface area contributed by atoms with Crippen LogP contribution in [0.3, 0.4) is 0 Å². The second-order valence-corrected chi connectivity index (χ2v) is 4.68. The number of hydrogen-bond acceptors (Lipinski definition) is 2. The quantitative estimate of drug-likeness (QED) is 0.602. The lowest BCUT2D eigenvalue weighted by atomic mass is 10.4. The Hall–Kier alpha value is -1.52. The summed E-state index contributed by atoms with van der Waals surface area (Å²) in [6, 6.07) is 0.599. The van der Waals surface area contributed by atoms with E-state index >= 15 is 0 Å². The molecule has 0 bridgehead atoms. The molecule has 2 rings (SSSR count). The third-order valence-electron chi connectivity index (χ3n) is 2.95. The largest absolute Gasteiger partial charge is 0.357 e. The van der Waals surface area contributed by atoms with Crippen molar-refractivity contribution in [2.45, 2.75) is 32.9 Å². The summed E-state index contributed by atoms with van der Waals surface area (Å²) in [7, 11) is 1.92. The average molecular weight is 235 g/mol. The molecule has 1 heterocycles. The molecule has 2 N–H and O–H groups in total. The van der Waals surface area contributed by atoms with Crippen LogP contribution in [0.15, 0.2) is 17.4 Å². The van der Waals surface area contributed by atoms with Crippen LogP contribution in [0.5, 0.6) is 0 Å². The zero-order valence-corrected chi connectivity index (χ0v) is 10.8. The summed E-state index contributed by atoms with van der Waals surface area (Å²) < 4.78 is 1.80. The molecule has 94 valence electrons. The molecule has 0 saturated heterocycles. The zero-order chi connectivity index (χ0) is 12.3. The lowest BCUT2D eigenvalue weighted by Gasteiger charge is -2.10. The Morgan fingerprint density at radius 1 is 1.65 bits per heavy atom. The van der Waals surface area contributed by atoms with Gasteiger partial charge in [0.15, 0.2) is 5.96 Å². The zero-order valence-electron chi connectivity index (χ0n) is 10.8. The molecule has 1 aliphatic carbocycles. The van der Waals surface area contributed by atoms with Crippen LogP contribution in [0, 0.1) is 5.92 Å². The molecule has 5 nitrogen and oxygen atoms in total. The molecule has 0 aromatic carbocycles. The van der Waals surface area contributed by atoms with Gasteiger partial charge in [-0.25, -0.2) is 4.99 Å². The van der Waals surface area contributed by atoms with E-state index < -0.39 is 0 Å². The van der Waals surface area contributed by atoms with Gasteiger partial charge in [0.2, 0.25) is 0 Å². The highest BCUT2D eigenvalue weighted by Gasteiger charge is 2.33. The molecule has 2 unspecified atom stereocenters. The van der Waals surface area contributed by atoms with Crippen molar-refractivity contribution in [3.8, 4) is 0 Å². The fourth-order valence-corrected chi connectivity index (χ4v) is 1.74. The van der Waals surface area contributed by atoms with Gasteiger partial charge in [0.05, 0.1) is 12.7 Å². The van der Waals surface area contributed by atoms with Crippen molar-refractivity contribution in [3.05, 3.63) is 18.0 Å². The Morgan fingerprint density at radius 3 is 2.94 bits per heavy atom. The van der Waals surface area contributed by atoms with E-state index in [1.54, 1.807) is 4.68 Å². The van der Waals surface area contributed by atoms with Crippen molar-refractivity contribution in [1.82, 2.24) is 20.4 Å². The molecule has 1 saturated carbocycles. The van der Waals surface area contributed by atoms with Gasteiger partial charge in [-0.2, -0.15) is 5.10 Å². The number of nitrogens with one attached hydrogen (secondary N) is 2. The number of aliphatic imine (C=N–C) groups is 1. The minimum absolute atomic E-state index is 0.599. The maximum absolute atomic E-state index is 4.55. The second-order valence-electron chi connectivity index (χ2n) is 4.68. The predicted octanol–water partition coefficient (Wildman–Crippen LogP) is 0.884. The number of hydrogen-bond donors (Lipinski definition) is 2. The van der Waals surface area contributed by atoms with Crippen LogP contribution in [0.4, 0.5) is 0 Å². The third kappa shape index (κ3) is 3.47. The van der Waals surface area contributed by atoms with Crippen molar-refractivity contribution in [1.29, 1.82) is 0 Å². The highest BCUT2D eigenvalue weighted by molar-refractivity contribution is 5.80. The topological polar surface area (TPSA) is 54.2 Å². The van der Waals surface area contributed by atoms with Gasteiger partial charge in [0, 0.05) is 31.4 Å². The minimum Gasteiger partial charge on any atom is -0.357 e. The number of aryl methyl sites for hydroxylation is 1. The van der Waals surface area contributed by atoms with E-state index in [9.17, 15) is 0 Å². The number of aromatic nitrogens is 2. The Labute approximate surface area is 102 Å². The summed E-state index contributed by atoms with van der Waals surface area (Å²) in [5, 5.41) is 10.8. The molecule has 17 heavy (non-hydrogen) atoms. The van der Waals surface area contributed by atoms with Crippen LogP contribution in [0.1, 0.15) is 25.8 Å². The molecule has 1 aromatic rings. The fraction of sp³-hybridized carbons (Fsp3) is 0.667. The Bertz CT molecular complexity index is 395.